The van der Waals surface area contributed by atoms with E-state index in [4.69, 9.17) is 0 Å². The Morgan fingerprint density at radius 2 is 0.765 bits per heavy atom. The monoisotopic (exact) mass is 648 g/mol. The van der Waals surface area contributed by atoms with Crippen LogP contribution in [0.1, 0.15) is 26.2 Å². The van der Waals surface area contributed by atoms with Crippen LogP contribution in [0.4, 0.5) is 65.9 Å². The van der Waals surface area contributed by atoms with Crippen molar-refractivity contribution >= 4 is 18.8 Å². The Morgan fingerprint density at radius 1 is 0.471 bits per heavy atom. The molecule has 0 aliphatic carbocycles. The van der Waals surface area contributed by atoms with Crippen LogP contribution in [0.2, 0.25) is 0 Å². The van der Waals surface area contributed by atoms with E-state index in [0.29, 0.717) is 6.42 Å². The van der Waals surface area contributed by atoms with E-state index in [2.05, 4.69) is 3.07 Å². The van der Waals surface area contributed by atoms with Gasteiger partial charge in [0.15, 0.2) is 0 Å². The fourth-order valence-corrected chi connectivity index (χ4v) is 14.2. The van der Waals surface area contributed by atoms with Crippen LogP contribution in [-0.4, -0.2) is 94.3 Å². The molecule has 206 valence electrons. The summed E-state index contributed by atoms with van der Waals surface area (Å²) in [6.07, 6.45) is -38.6. The summed E-state index contributed by atoms with van der Waals surface area (Å²) in [6.45, 7) is 0.362. The number of alkyl halides is 15. The molecule has 0 rings (SSSR count). The Kier molecular flexibility index (Phi) is 14.9. The molecule has 0 fully saturated rings. The van der Waals surface area contributed by atoms with Gasteiger partial charge in [-0.2, -0.15) is 0 Å². The molecule has 0 radical (unpaired) electrons. The van der Waals surface area contributed by atoms with Crippen molar-refractivity contribution in [2.45, 2.75) is 95.1 Å². The molecule has 9 atom stereocenters. The van der Waals surface area contributed by atoms with Gasteiger partial charge in [0.2, 0.25) is 0 Å². The molecule has 0 aromatic carbocycles. The van der Waals surface area contributed by atoms with Crippen molar-refractivity contribution < 1.29 is 68.9 Å². The van der Waals surface area contributed by atoms with Crippen LogP contribution in [-0.2, 0) is 3.07 Å². The fourth-order valence-electron chi connectivity index (χ4n) is 2.94. The van der Waals surface area contributed by atoms with Crippen LogP contribution in [0.3, 0.4) is 0 Å². The number of hydrogen-bond donors (Lipinski definition) is 0. The molecule has 0 saturated carbocycles. The molecule has 0 aliphatic rings. The van der Waals surface area contributed by atoms with Gasteiger partial charge in [0.05, 0.1) is 0 Å². The molecule has 1 nitrogen and oxygen atoms in total. The Bertz CT molecular complexity index is 494. The normalized spacial score (nSPS) is 22.7. The molecule has 0 N–H and O–H groups in total. The molecular formula is C17H23F15OSn. The van der Waals surface area contributed by atoms with Gasteiger partial charge in [-0.1, -0.05) is 0 Å². The minimum absolute atomic E-state index is 0.0677. The van der Waals surface area contributed by atoms with Gasteiger partial charge in [0, 0.05) is 0 Å². The molecule has 0 bridgehead atoms. The second kappa shape index (κ2) is 15.1. The van der Waals surface area contributed by atoms with E-state index in [-0.39, 0.29) is 12.8 Å². The number of hydrogen-bond acceptors (Lipinski definition) is 1. The van der Waals surface area contributed by atoms with E-state index < -0.39 is 94.3 Å². The van der Waals surface area contributed by atoms with Crippen molar-refractivity contribution in [2.75, 3.05) is 6.61 Å². The Morgan fingerprint density at radius 3 is 1.00 bits per heavy atom. The molecule has 9 unspecified atom stereocenters. The first kappa shape index (κ1) is 33.7. The van der Waals surface area contributed by atoms with Crippen LogP contribution in [0.15, 0.2) is 0 Å². The quantitative estimate of drug-likeness (QED) is 0.0984. The zero-order chi connectivity index (χ0) is 27.0. The third kappa shape index (κ3) is 8.11. The van der Waals surface area contributed by atoms with Crippen molar-refractivity contribution in [1.82, 2.24) is 0 Å². The van der Waals surface area contributed by atoms with Gasteiger partial charge in [0.25, 0.3) is 0 Å². The maximum absolute atomic E-state index is 15.0. The molecule has 0 amide bonds. The topological polar surface area (TPSA) is 9.23 Å². The predicted octanol–water partition coefficient (Wildman–Crippen LogP) is 6.59. The molecule has 0 heterocycles. The van der Waals surface area contributed by atoms with Gasteiger partial charge < -0.3 is 0 Å². The van der Waals surface area contributed by atoms with Gasteiger partial charge in [-0.15, -0.1) is 0 Å². The second-order valence-corrected chi connectivity index (χ2v) is 17.7. The van der Waals surface area contributed by atoms with Crippen LogP contribution < -0.4 is 0 Å². The number of halogens is 15. The van der Waals surface area contributed by atoms with Crippen molar-refractivity contribution in [3.63, 3.8) is 0 Å². The first-order valence-corrected chi connectivity index (χ1v) is 15.9. The summed E-state index contributed by atoms with van der Waals surface area (Å²) in [5.41, 5.74) is 0. The minimum atomic E-state index is -8.07. The van der Waals surface area contributed by atoms with Gasteiger partial charge in [-0.25, -0.2) is 0 Å². The summed E-state index contributed by atoms with van der Waals surface area (Å²) in [5.74, 6) is 0. The first-order valence-electron chi connectivity index (χ1n) is 9.84. The Labute approximate surface area is 189 Å². The molecule has 0 aliphatic heterocycles. The summed E-state index contributed by atoms with van der Waals surface area (Å²) < 4.78 is 194. The van der Waals surface area contributed by atoms with Gasteiger partial charge >= 0.3 is 189 Å². The van der Waals surface area contributed by atoms with E-state index in [9.17, 15) is 65.9 Å². The average molecular weight is 647 g/mol. The van der Waals surface area contributed by atoms with Crippen LogP contribution in [0.25, 0.3) is 0 Å². The summed E-state index contributed by atoms with van der Waals surface area (Å²) in [6, 6.07) is 0. The first-order chi connectivity index (χ1) is 15.6. The Hall–Kier alpha value is -0.291. The zero-order valence-electron chi connectivity index (χ0n) is 17.3. The number of unbranched alkanes of at least 4 members (excludes halogenated alkanes) is 2. The van der Waals surface area contributed by atoms with Crippen molar-refractivity contribution in [3.05, 3.63) is 0 Å². The molecule has 0 aromatic heterocycles. The number of rotatable bonds is 17. The fraction of sp³-hybridized carbons (Fsp3) is 1.00. The van der Waals surface area contributed by atoms with Crippen molar-refractivity contribution in [2.24, 2.45) is 0 Å². The summed E-state index contributed by atoms with van der Waals surface area (Å²) in [4.78, 5) is 0. The van der Waals surface area contributed by atoms with E-state index >= 15 is 0 Å². The third-order valence-corrected chi connectivity index (χ3v) is 17.0. The van der Waals surface area contributed by atoms with E-state index in [0.717, 1.165) is 0 Å². The van der Waals surface area contributed by atoms with E-state index in [1.165, 1.54) is 6.92 Å². The molecule has 34 heavy (non-hydrogen) atoms. The van der Waals surface area contributed by atoms with E-state index in [1.54, 1.807) is 0 Å². The average Bonchev–Trinajstić information content (AvgIpc) is 2.79. The zero-order valence-corrected chi connectivity index (χ0v) is 20.2. The van der Waals surface area contributed by atoms with Gasteiger partial charge in [0.1, 0.15) is 0 Å². The van der Waals surface area contributed by atoms with Gasteiger partial charge in [-0.05, 0) is 0 Å². The summed E-state index contributed by atoms with van der Waals surface area (Å²) >= 11 is -8.07. The van der Waals surface area contributed by atoms with Crippen LogP contribution in [0.5, 0.6) is 0 Å². The van der Waals surface area contributed by atoms with Gasteiger partial charge in [-0.3, -0.25) is 0 Å². The second-order valence-electron chi connectivity index (χ2n) is 7.28. The van der Waals surface area contributed by atoms with Crippen molar-refractivity contribution in [1.29, 1.82) is 0 Å². The maximum atomic E-state index is 15.0. The molecular weight excluding hydrogens is 624 g/mol. The van der Waals surface area contributed by atoms with Crippen LogP contribution in [0, 0.1) is 0 Å². The SMILES string of the molecule is CCCCC[O][Sn]([CH](F)C(F)C(F)C(F)F)([CH](F)C(F)C(F)C(F)F)[CH](F)C(F)C(F)C(F)F. The third-order valence-electron chi connectivity index (χ3n) is 4.87. The molecule has 0 aromatic rings. The standard InChI is InChI=1S/C5H11O.3C4H4F5.Sn/c1-2-3-4-5-6;3*5-1-2(6)3(7)4(8)9;/h2-5H2,1H3;3*1-4H;/q-1;;;;+1. The predicted molar refractivity (Wildman–Crippen MR) is 93.3 cm³/mol. The van der Waals surface area contributed by atoms with E-state index in [1.807, 2.05) is 0 Å². The molecule has 0 saturated heterocycles. The molecule has 17 heteroatoms. The summed E-state index contributed by atoms with van der Waals surface area (Å²) in [7, 11) is 0. The molecule has 0 spiro atoms. The summed E-state index contributed by atoms with van der Waals surface area (Å²) in [5, 5.41) is 0. The Balaban J connectivity index is 6.75. The van der Waals surface area contributed by atoms with Crippen LogP contribution >= 0.6 is 0 Å². The van der Waals surface area contributed by atoms with Crippen molar-refractivity contribution in [3.8, 4) is 0 Å².